The maximum absolute atomic E-state index is 13.6. The van der Waals surface area contributed by atoms with Gasteiger partial charge in [0.25, 0.3) is 5.91 Å². The van der Waals surface area contributed by atoms with E-state index in [1.807, 2.05) is 0 Å². The Morgan fingerprint density at radius 1 is 1.30 bits per heavy atom. The molecule has 0 bridgehead atoms. The summed E-state index contributed by atoms with van der Waals surface area (Å²) in [6.45, 7) is 0. The van der Waals surface area contributed by atoms with Gasteiger partial charge in [0.05, 0.1) is 0 Å². The Labute approximate surface area is 120 Å². The lowest BCUT2D eigenvalue weighted by atomic mass is 10.2. The minimum absolute atomic E-state index is 0.168. The highest BCUT2D eigenvalue weighted by Gasteiger charge is 2.30. The lowest BCUT2D eigenvalue weighted by Crippen LogP contribution is -2.16. The summed E-state index contributed by atoms with van der Waals surface area (Å²) in [4.78, 5) is 11.8. The van der Waals surface area contributed by atoms with Gasteiger partial charge in [-0.25, -0.2) is 8.78 Å². The zero-order valence-corrected chi connectivity index (χ0v) is 11.6. The van der Waals surface area contributed by atoms with Crippen molar-refractivity contribution in [3.8, 4) is 0 Å². The van der Waals surface area contributed by atoms with Gasteiger partial charge in [-0.15, -0.1) is 5.10 Å². The third kappa shape index (κ3) is 2.55. The van der Waals surface area contributed by atoms with Crippen molar-refractivity contribution >= 4 is 27.9 Å². The van der Waals surface area contributed by atoms with Gasteiger partial charge in [0.2, 0.25) is 5.89 Å². The summed E-state index contributed by atoms with van der Waals surface area (Å²) in [5, 5.41) is 9.56. The van der Waals surface area contributed by atoms with Crippen molar-refractivity contribution in [2.24, 2.45) is 0 Å². The molecule has 0 aliphatic heterocycles. The molecule has 0 unspecified atom stereocenters. The number of hydrogen-bond acceptors (Lipinski definition) is 4. The van der Waals surface area contributed by atoms with Gasteiger partial charge < -0.3 is 4.42 Å². The van der Waals surface area contributed by atoms with E-state index in [1.54, 1.807) is 0 Å². The average Bonchev–Trinajstić information content (AvgIpc) is 3.09. The average molecular weight is 344 g/mol. The van der Waals surface area contributed by atoms with Crippen LogP contribution in [0.1, 0.15) is 35.0 Å². The fourth-order valence-corrected chi connectivity index (χ4v) is 2.10. The summed E-state index contributed by atoms with van der Waals surface area (Å²) < 4.78 is 32.6. The molecule has 1 saturated carbocycles. The van der Waals surface area contributed by atoms with Gasteiger partial charge in [-0.3, -0.25) is 10.1 Å². The molecule has 1 heterocycles. The van der Waals surface area contributed by atoms with Crippen LogP contribution >= 0.6 is 15.9 Å². The molecule has 1 aromatic heterocycles. The molecule has 1 aliphatic carbocycles. The number of nitrogens with zero attached hydrogens (tertiary/aromatic N) is 2. The first-order valence-electron chi connectivity index (χ1n) is 5.84. The van der Waals surface area contributed by atoms with Crippen LogP contribution < -0.4 is 5.32 Å². The summed E-state index contributed by atoms with van der Waals surface area (Å²) >= 11 is 2.94. The van der Waals surface area contributed by atoms with E-state index in [-0.39, 0.29) is 16.4 Å². The summed E-state index contributed by atoms with van der Waals surface area (Å²) in [5.41, 5.74) is -0.695. The molecule has 1 N–H and O–H groups in total. The molecule has 104 valence electrons. The Kier molecular flexibility index (Phi) is 3.25. The SMILES string of the molecule is O=C(Nc1nnc(C2CC2)o1)c1c(F)cc(Br)cc1F. The molecule has 2 aromatic rings. The van der Waals surface area contributed by atoms with Crippen molar-refractivity contribution in [1.82, 2.24) is 10.2 Å². The Morgan fingerprint density at radius 2 is 1.95 bits per heavy atom. The molecule has 1 fully saturated rings. The molecule has 0 radical (unpaired) electrons. The highest BCUT2D eigenvalue weighted by atomic mass is 79.9. The van der Waals surface area contributed by atoms with Crippen molar-refractivity contribution in [3.05, 3.63) is 39.7 Å². The Hall–Kier alpha value is -1.83. The van der Waals surface area contributed by atoms with Crippen molar-refractivity contribution in [2.45, 2.75) is 18.8 Å². The van der Waals surface area contributed by atoms with E-state index >= 15 is 0 Å². The summed E-state index contributed by atoms with van der Waals surface area (Å²) in [7, 11) is 0. The van der Waals surface area contributed by atoms with Crippen molar-refractivity contribution < 1.29 is 18.0 Å². The molecule has 0 spiro atoms. The van der Waals surface area contributed by atoms with Gasteiger partial charge >= 0.3 is 6.01 Å². The van der Waals surface area contributed by atoms with Gasteiger partial charge in [-0.1, -0.05) is 21.0 Å². The van der Waals surface area contributed by atoms with Crippen LogP contribution in [0.5, 0.6) is 0 Å². The first-order valence-corrected chi connectivity index (χ1v) is 6.63. The number of halogens is 3. The maximum atomic E-state index is 13.6. The molecule has 3 rings (SSSR count). The summed E-state index contributed by atoms with van der Waals surface area (Å²) in [6.07, 6.45) is 1.93. The van der Waals surface area contributed by atoms with E-state index in [0.717, 1.165) is 25.0 Å². The molecule has 0 saturated heterocycles. The van der Waals surface area contributed by atoms with Crippen LogP contribution in [0.4, 0.5) is 14.8 Å². The molecule has 1 amide bonds. The van der Waals surface area contributed by atoms with Crippen LogP contribution in [0, 0.1) is 11.6 Å². The van der Waals surface area contributed by atoms with Crippen molar-refractivity contribution in [2.75, 3.05) is 5.32 Å². The first kappa shape index (κ1) is 13.2. The largest absolute Gasteiger partial charge is 0.408 e. The van der Waals surface area contributed by atoms with E-state index in [1.165, 1.54) is 0 Å². The van der Waals surface area contributed by atoms with Crippen LogP contribution in [0.25, 0.3) is 0 Å². The van der Waals surface area contributed by atoms with Crippen molar-refractivity contribution in [3.63, 3.8) is 0 Å². The molecule has 1 aliphatic rings. The number of amides is 1. The van der Waals surface area contributed by atoms with Crippen LogP contribution in [0.15, 0.2) is 21.0 Å². The predicted molar refractivity (Wildman–Crippen MR) is 68.3 cm³/mol. The number of carbonyl (C=O) groups excluding carboxylic acids is 1. The number of benzene rings is 1. The number of aromatic nitrogens is 2. The van der Waals surface area contributed by atoms with Gasteiger partial charge in [0.15, 0.2) is 0 Å². The van der Waals surface area contributed by atoms with Gasteiger partial charge in [-0.05, 0) is 25.0 Å². The fourth-order valence-electron chi connectivity index (χ4n) is 1.70. The second-order valence-corrected chi connectivity index (χ2v) is 5.33. The normalized spacial score (nSPS) is 14.3. The zero-order valence-electron chi connectivity index (χ0n) is 9.99. The zero-order chi connectivity index (χ0) is 14.3. The third-order valence-electron chi connectivity index (χ3n) is 2.82. The second kappa shape index (κ2) is 4.93. The second-order valence-electron chi connectivity index (χ2n) is 4.42. The number of hydrogen-bond donors (Lipinski definition) is 1. The predicted octanol–water partition coefficient (Wildman–Crippen LogP) is 3.24. The van der Waals surface area contributed by atoms with Gasteiger partial charge in [0, 0.05) is 10.4 Å². The topological polar surface area (TPSA) is 68.0 Å². The number of anilines is 1. The lowest BCUT2D eigenvalue weighted by molar-refractivity contribution is 0.101. The molecular weight excluding hydrogens is 336 g/mol. The van der Waals surface area contributed by atoms with E-state index < -0.39 is 23.1 Å². The highest BCUT2D eigenvalue weighted by molar-refractivity contribution is 9.10. The van der Waals surface area contributed by atoms with Crippen LogP contribution in [0.3, 0.4) is 0 Å². The summed E-state index contributed by atoms with van der Waals surface area (Å²) in [5.74, 6) is -2.27. The standard InChI is InChI=1S/C12H8BrF2N3O2/c13-6-3-7(14)9(8(15)4-6)10(19)16-12-18-17-11(20-12)5-1-2-5/h3-5H,1-2H2,(H,16,18,19). The molecular formula is C12H8BrF2N3O2. The quantitative estimate of drug-likeness (QED) is 0.928. The van der Waals surface area contributed by atoms with Crippen LogP contribution in [-0.2, 0) is 0 Å². The van der Waals surface area contributed by atoms with Crippen molar-refractivity contribution in [1.29, 1.82) is 0 Å². The Morgan fingerprint density at radius 3 is 2.55 bits per heavy atom. The minimum atomic E-state index is -0.976. The van der Waals surface area contributed by atoms with Crippen LogP contribution in [-0.4, -0.2) is 16.1 Å². The lowest BCUT2D eigenvalue weighted by Gasteiger charge is -2.04. The van der Waals surface area contributed by atoms with E-state index in [4.69, 9.17) is 4.42 Å². The van der Waals surface area contributed by atoms with E-state index in [2.05, 4.69) is 31.4 Å². The maximum Gasteiger partial charge on any atom is 0.322 e. The minimum Gasteiger partial charge on any atom is -0.408 e. The van der Waals surface area contributed by atoms with E-state index in [9.17, 15) is 13.6 Å². The number of nitrogens with one attached hydrogen (secondary N) is 1. The molecule has 1 aromatic carbocycles. The van der Waals surface area contributed by atoms with E-state index in [0.29, 0.717) is 5.89 Å². The fraction of sp³-hybridized carbons (Fsp3) is 0.250. The Bertz CT molecular complexity index is 662. The molecule has 20 heavy (non-hydrogen) atoms. The smallest absolute Gasteiger partial charge is 0.322 e. The van der Waals surface area contributed by atoms with Crippen LogP contribution in [0.2, 0.25) is 0 Å². The monoisotopic (exact) mass is 343 g/mol. The van der Waals surface area contributed by atoms with Gasteiger partial charge in [-0.2, -0.15) is 0 Å². The number of rotatable bonds is 3. The Balaban J connectivity index is 1.81. The molecule has 5 nitrogen and oxygen atoms in total. The highest BCUT2D eigenvalue weighted by Crippen LogP contribution is 2.39. The third-order valence-corrected chi connectivity index (χ3v) is 3.28. The first-order chi connectivity index (χ1) is 9.54. The number of carbonyl (C=O) groups is 1. The molecule has 0 atom stereocenters. The summed E-state index contributed by atoms with van der Waals surface area (Å²) in [6, 6.07) is 1.83. The molecule has 8 heteroatoms. The van der Waals surface area contributed by atoms with Gasteiger partial charge in [0.1, 0.15) is 17.2 Å².